The molecule has 0 fully saturated rings. The second kappa shape index (κ2) is 4.95. The van der Waals surface area contributed by atoms with Crippen molar-refractivity contribution in [2.45, 2.75) is 26.8 Å². The molecule has 0 aliphatic rings. The van der Waals surface area contributed by atoms with Crippen LogP contribution in [-0.2, 0) is 9.59 Å². The molecule has 0 spiro atoms. The van der Waals surface area contributed by atoms with Crippen LogP contribution in [-0.4, -0.2) is 36.6 Å². The SMILES string of the molecule is CNC(=O)[C@H](CO)NC(=O)C(C)(C)C. The highest BCUT2D eigenvalue weighted by Crippen LogP contribution is 2.12. The highest BCUT2D eigenvalue weighted by atomic mass is 16.3. The molecule has 0 aromatic rings. The monoisotopic (exact) mass is 202 g/mol. The number of likely N-dealkylation sites (N-methyl/N-ethyl adjacent to an activating group) is 1. The molecule has 0 saturated heterocycles. The zero-order valence-electron chi connectivity index (χ0n) is 9.05. The number of carbonyl (C=O) groups is 2. The first-order valence-electron chi connectivity index (χ1n) is 4.46. The van der Waals surface area contributed by atoms with Gasteiger partial charge in [0.25, 0.3) is 0 Å². The van der Waals surface area contributed by atoms with Gasteiger partial charge < -0.3 is 15.7 Å². The summed E-state index contributed by atoms with van der Waals surface area (Å²) in [6.45, 7) is 4.81. The summed E-state index contributed by atoms with van der Waals surface area (Å²) in [4.78, 5) is 22.6. The topological polar surface area (TPSA) is 78.4 Å². The van der Waals surface area contributed by atoms with E-state index in [0.717, 1.165) is 0 Å². The minimum absolute atomic E-state index is 0.264. The summed E-state index contributed by atoms with van der Waals surface area (Å²) in [5.74, 6) is -0.662. The average Bonchev–Trinajstić information content (AvgIpc) is 2.10. The molecule has 2 amide bonds. The zero-order valence-corrected chi connectivity index (χ0v) is 9.05. The van der Waals surface area contributed by atoms with E-state index in [9.17, 15) is 9.59 Å². The lowest BCUT2D eigenvalue weighted by Gasteiger charge is -2.21. The van der Waals surface area contributed by atoms with E-state index >= 15 is 0 Å². The molecule has 5 heteroatoms. The highest BCUT2D eigenvalue weighted by molar-refractivity contribution is 5.89. The molecular formula is C9H18N2O3. The third kappa shape index (κ3) is 3.74. The van der Waals surface area contributed by atoms with Crippen LogP contribution >= 0.6 is 0 Å². The van der Waals surface area contributed by atoms with Gasteiger partial charge in [-0.15, -0.1) is 0 Å². The van der Waals surface area contributed by atoms with E-state index in [1.807, 2.05) is 0 Å². The van der Waals surface area contributed by atoms with Gasteiger partial charge >= 0.3 is 0 Å². The Bertz CT molecular complexity index is 221. The van der Waals surface area contributed by atoms with Gasteiger partial charge in [0.05, 0.1) is 6.61 Å². The molecule has 0 aromatic heterocycles. The fourth-order valence-corrected chi connectivity index (χ4v) is 0.743. The molecule has 0 aromatic carbocycles. The van der Waals surface area contributed by atoms with Crippen LogP contribution in [0.15, 0.2) is 0 Å². The van der Waals surface area contributed by atoms with Crippen LogP contribution in [0.25, 0.3) is 0 Å². The molecule has 1 atom stereocenters. The second-order valence-corrected chi connectivity index (χ2v) is 4.07. The fraction of sp³-hybridized carbons (Fsp3) is 0.778. The van der Waals surface area contributed by atoms with E-state index in [2.05, 4.69) is 10.6 Å². The largest absolute Gasteiger partial charge is 0.394 e. The normalized spacial score (nSPS) is 13.2. The van der Waals surface area contributed by atoms with Gasteiger partial charge in [0.1, 0.15) is 6.04 Å². The van der Waals surface area contributed by atoms with Crippen LogP contribution < -0.4 is 10.6 Å². The summed E-state index contributed by atoms with van der Waals surface area (Å²) >= 11 is 0. The number of hydrogen-bond donors (Lipinski definition) is 3. The number of aliphatic hydroxyl groups excluding tert-OH is 1. The Morgan fingerprint density at radius 3 is 2.14 bits per heavy atom. The molecular weight excluding hydrogens is 184 g/mol. The van der Waals surface area contributed by atoms with Crippen molar-refractivity contribution >= 4 is 11.8 Å². The molecule has 0 radical (unpaired) electrons. The quantitative estimate of drug-likeness (QED) is 0.564. The first-order valence-corrected chi connectivity index (χ1v) is 4.46. The maximum Gasteiger partial charge on any atom is 0.244 e. The summed E-state index contributed by atoms with van der Waals surface area (Å²) in [5, 5.41) is 13.7. The molecule has 0 unspecified atom stereocenters. The van der Waals surface area contributed by atoms with Crippen LogP contribution in [0.5, 0.6) is 0 Å². The molecule has 0 aliphatic carbocycles. The van der Waals surface area contributed by atoms with Gasteiger partial charge in [0, 0.05) is 12.5 Å². The lowest BCUT2D eigenvalue weighted by molar-refractivity contribution is -0.134. The van der Waals surface area contributed by atoms with Crippen molar-refractivity contribution in [2.75, 3.05) is 13.7 Å². The molecule has 3 N–H and O–H groups in total. The molecule has 14 heavy (non-hydrogen) atoms. The van der Waals surface area contributed by atoms with Gasteiger partial charge in [-0.05, 0) is 0 Å². The Morgan fingerprint density at radius 1 is 1.36 bits per heavy atom. The lowest BCUT2D eigenvalue weighted by Crippen LogP contribution is -2.50. The molecule has 0 saturated carbocycles. The first-order chi connectivity index (χ1) is 6.32. The zero-order chi connectivity index (χ0) is 11.4. The summed E-state index contributed by atoms with van der Waals surface area (Å²) in [5.41, 5.74) is -0.568. The van der Waals surface area contributed by atoms with Gasteiger partial charge in [0.2, 0.25) is 11.8 Å². The molecule has 0 bridgehead atoms. The van der Waals surface area contributed by atoms with E-state index in [1.54, 1.807) is 20.8 Å². The number of amides is 2. The van der Waals surface area contributed by atoms with Crippen molar-refractivity contribution in [3.63, 3.8) is 0 Å². The lowest BCUT2D eigenvalue weighted by atomic mass is 9.95. The Morgan fingerprint density at radius 2 is 1.86 bits per heavy atom. The number of hydrogen-bond acceptors (Lipinski definition) is 3. The standard InChI is InChI=1S/C9H18N2O3/c1-9(2,3)8(14)11-6(5-12)7(13)10-4/h6,12H,5H2,1-4H3,(H,10,13)(H,11,14)/t6-/m0/s1. The fourth-order valence-electron chi connectivity index (χ4n) is 0.743. The number of carbonyl (C=O) groups excluding carboxylic acids is 2. The number of rotatable bonds is 3. The third-order valence-corrected chi connectivity index (χ3v) is 1.73. The summed E-state index contributed by atoms with van der Waals surface area (Å²) in [6, 6.07) is -0.869. The number of nitrogens with one attached hydrogen (secondary N) is 2. The minimum Gasteiger partial charge on any atom is -0.394 e. The predicted octanol–water partition coefficient (Wildman–Crippen LogP) is -0.744. The second-order valence-electron chi connectivity index (χ2n) is 4.07. The Hall–Kier alpha value is -1.10. The predicted molar refractivity (Wildman–Crippen MR) is 52.5 cm³/mol. The van der Waals surface area contributed by atoms with Crippen molar-refractivity contribution in [3.05, 3.63) is 0 Å². The van der Waals surface area contributed by atoms with Crippen molar-refractivity contribution in [2.24, 2.45) is 5.41 Å². The maximum absolute atomic E-state index is 11.5. The van der Waals surface area contributed by atoms with Crippen LogP contribution in [0.3, 0.4) is 0 Å². The summed E-state index contributed by atoms with van der Waals surface area (Å²) < 4.78 is 0. The number of aliphatic hydroxyl groups is 1. The van der Waals surface area contributed by atoms with Crippen LogP contribution in [0, 0.1) is 5.41 Å². The smallest absolute Gasteiger partial charge is 0.244 e. The maximum atomic E-state index is 11.5. The van der Waals surface area contributed by atoms with E-state index in [1.165, 1.54) is 7.05 Å². The van der Waals surface area contributed by atoms with Gasteiger partial charge in [-0.3, -0.25) is 9.59 Å². The molecule has 0 heterocycles. The van der Waals surface area contributed by atoms with Crippen LogP contribution in [0.1, 0.15) is 20.8 Å². The minimum atomic E-state index is -0.869. The van der Waals surface area contributed by atoms with Crippen molar-refractivity contribution in [1.82, 2.24) is 10.6 Å². The molecule has 0 rings (SSSR count). The van der Waals surface area contributed by atoms with Crippen LogP contribution in [0.4, 0.5) is 0 Å². The Labute approximate surface area is 83.9 Å². The van der Waals surface area contributed by atoms with Gasteiger partial charge in [-0.25, -0.2) is 0 Å². The van der Waals surface area contributed by atoms with Crippen molar-refractivity contribution in [1.29, 1.82) is 0 Å². The average molecular weight is 202 g/mol. The van der Waals surface area contributed by atoms with Gasteiger partial charge in [-0.2, -0.15) is 0 Å². The van der Waals surface area contributed by atoms with Crippen molar-refractivity contribution in [3.8, 4) is 0 Å². The molecule has 82 valence electrons. The van der Waals surface area contributed by atoms with E-state index in [4.69, 9.17) is 5.11 Å². The van der Waals surface area contributed by atoms with Gasteiger partial charge in [-0.1, -0.05) is 20.8 Å². The van der Waals surface area contributed by atoms with E-state index in [-0.39, 0.29) is 5.91 Å². The van der Waals surface area contributed by atoms with Gasteiger partial charge in [0.15, 0.2) is 0 Å². The summed E-state index contributed by atoms with van der Waals surface area (Å²) in [7, 11) is 1.45. The van der Waals surface area contributed by atoms with E-state index in [0.29, 0.717) is 0 Å². The summed E-state index contributed by atoms with van der Waals surface area (Å²) in [6.07, 6.45) is 0. The molecule has 0 aliphatic heterocycles. The highest BCUT2D eigenvalue weighted by Gasteiger charge is 2.26. The van der Waals surface area contributed by atoms with E-state index < -0.39 is 24.0 Å². The molecule has 5 nitrogen and oxygen atoms in total. The Kier molecular flexibility index (Phi) is 4.56. The van der Waals surface area contributed by atoms with Crippen LogP contribution in [0.2, 0.25) is 0 Å². The van der Waals surface area contributed by atoms with Crippen molar-refractivity contribution < 1.29 is 14.7 Å². The Balaban J connectivity index is 4.34. The first kappa shape index (κ1) is 12.9. The third-order valence-electron chi connectivity index (χ3n) is 1.73.